The van der Waals surface area contributed by atoms with Crippen LogP contribution in [0.15, 0.2) is 30.3 Å². The number of hydrogen-bond donors (Lipinski definition) is 4. The van der Waals surface area contributed by atoms with Gasteiger partial charge in [0.15, 0.2) is 5.11 Å². The Kier molecular flexibility index (Phi) is 4.70. The van der Waals surface area contributed by atoms with Crippen molar-refractivity contribution in [2.24, 2.45) is 5.92 Å². The molecule has 2 rings (SSSR count). The van der Waals surface area contributed by atoms with Crippen LogP contribution in [0.3, 0.4) is 0 Å². The van der Waals surface area contributed by atoms with Gasteiger partial charge in [-0.25, -0.2) is 0 Å². The molecule has 5 nitrogen and oxygen atoms in total. The van der Waals surface area contributed by atoms with Crippen molar-refractivity contribution in [3.63, 3.8) is 0 Å². The highest BCUT2D eigenvalue weighted by Gasteiger charge is 2.31. The number of amides is 1. The smallest absolute Gasteiger partial charge is 0.244 e. The van der Waals surface area contributed by atoms with Gasteiger partial charge >= 0.3 is 0 Å². The van der Waals surface area contributed by atoms with Crippen molar-refractivity contribution in [2.75, 3.05) is 5.32 Å². The Labute approximate surface area is 117 Å². The van der Waals surface area contributed by atoms with Gasteiger partial charge in [-0.3, -0.25) is 15.6 Å². The number of hydrogen-bond acceptors (Lipinski definition) is 3. The Morgan fingerprint density at radius 1 is 1.21 bits per heavy atom. The van der Waals surface area contributed by atoms with Gasteiger partial charge in [-0.1, -0.05) is 18.2 Å². The van der Waals surface area contributed by atoms with Crippen molar-refractivity contribution in [3.8, 4) is 0 Å². The molecule has 0 aliphatic heterocycles. The number of anilines is 1. The Morgan fingerprint density at radius 3 is 2.58 bits per heavy atom. The summed E-state index contributed by atoms with van der Waals surface area (Å²) in [4.78, 5) is 11.8. The zero-order valence-corrected chi connectivity index (χ0v) is 11.2. The highest BCUT2D eigenvalue weighted by Crippen LogP contribution is 2.25. The number of thiocarbonyl (C=S) groups is 1. The second kappa shape index (κ2) is 6.49. The third-order valence-corrected chi connectivity index (χ3v) is 3.35. The fourth-order valence-corrected chi connectivity index (χ4v) is 2.31. The first kappa shape index (κ1) is 13.8. The average molecular weight is 279 g/mol. The third kappa shape index (κ3) is 3.90. The van der Waals surface area contributed by atoms with Crippen LogP contribution < -0.4 is 16.2 Å². The van der Waals surface area contributed by atoms with Gasteiger partial charge in [-0.2, -0.15) is 0 Å². The second-order valence-electron chi connectivity index (χ2n) is 4.54. The molecule has 0 heterocycles. The molecule has 6 heteroatoms. The minimum absolute atomic E-state index is 0.220. The van der Waals surface area contributed by atoms with Crippen molar-refractivity contribution in [2.45, 2.75) is 25.4 Å². The summed E-state index contributed by atoms with van der Waals surface area (Å²) < 4.78 is 0. The summed E-state index contributed by atoms with van der Waals surface area (Å²) in [5.41, 5.74) is 6.00. The van der Waals surface area contributed by atoms with Crippen LogP contribution in [0.25, 0.3) is 0 Å². The average Bonchev–Trinajstić information content (AvgIpc) is 2.83. The van der Waals surface area contributed by atoms with E-state index < -0.39 is 6.10 Å². The molecule has 0 bridgehead atoms. The minimum Gasteiger partial charge on any atom is -0.392 e. The van der Waals surface area contributed by atoms with Crippen LogP contribution in [0.1, 0.15) is 19.3 Å². The molecule has 1 saturated carbocycles. The molecule has 2 atom stereocenters. The fraction of sp³-hybridized carbons (Fsp3) is 0.385. The first-order valence-corrected chi connectivity index (χ1v) is 6.67. The van der Waals surface area contributed by atoms with Gasteiger partial charge in [0.25, 0.3) is 0 Å². The minimum atomic E-state index is -0.544. The van der Waals surface area contributed by atoms with Gasteiger partial charge in [-0.15, -0.1) is 0 Å². The summed E-state index contributed by atoms with van der Waals surface area (Å²) in [6.45, 7) is 0. The van der Waals surface area contributed by atoms with E-state index in [4.69, 9.17) is 12.2 Å². The van der Waals surface area contributed by atoms with E-state index in [9.17, 15) is 9.90 Å². The molecule has 0 saturated heterocycles. The molecule has 0 aromatic heterocycles. The van der Waals surface area contributed by atoms with E-state index in [1.807, 2.05) is 30.3 Å². The van der Waals surface area contributed by atoms with Crippen molar-refractivity contribution in [3.05, 3.63) is 30.3 Å². The van der Waals surface area contributed by atoms with E-state index in [0.29, 0.717) is 18.0 Å². The monoisotopic (exact) mass is 279 g/mol. The van der Waals surface area contributed by atoms with Crippen molar-refractivity contribution in [1.29, 1.82) is 0 Å². The topological polar surface area (TPSA) is 73.4 Å². The SMILES string of the molecule is O=C(NNC(=S)Nc1ccccc1)C1CCCC1O. The van der Waals surface area contributed by atoms with E-state index in [1.165, 1.54) is 0 Å². The lowest BCUT2D eigenvalue weighted by Crippen LogP contribution is -2.47. The number of carbonyl (C=O) groups excluding carboxylic acids is 1. The number of aliphatic hydroxyl groups is 1. The molecule has 0 radical (unpaired) electrons. The van der Waals surface area contributed by atoms with Crippen LogP contribution in [0.2, 0.25) is 0 Å². The van der Waals surface area contributed by atoms with E-state index in [2.05, 4.69) is 16.2 Å². The predicted octanol–water partition coefficient (Wildman–Crippen LogP) is 1.17. The summed E-state index contributed by atoms with van der Waals surface area (Å²) in [5, 5.41) is 12.9. The highest BCUT2D eigenvalue weighted by molar-refractivity contribution is 7.80. The lowest BCUT2D eigenvalue weighted by Gasteiger charge is -2.16. The normalized spacial score (nSPS) is 21.7. The highest BCUT2D eigenvalue weighted by atomic mass is 32.1. The molecule has 4 N–H and O–H groups in total. The predicted molar refractivity (Wildman–Crippen MR) is 77.3 cm³/mol. The summed E-state index contributed by atoms with van der Waals surface area (Å²) in [7, 11) is 0. The van der Waals surface area contributed by atoms with Gasteiger partial charge in [0, 0.05) is 5.69 Å². The Morgan fingerprint density at radius 2 is 1.95 bits per heavy atom. The van der Waals surface area contributed by atoms with Crippen molar-refractivity contribution in [1.82, 2.24) is 10.9 Å². The standard InChI is InChI=1S/C13H17N3O2S/c17-11-8-4-7-10(11)12(18)15-16-13(19)14-9-5-2-1-3-6-9/h1-3,5-6,10-11,17H,4,7-8H2,(H,15,18)(H2,14,16,19). The van der Waals surface area contributed by atoms with Gasteiger partial charge in [0.05, 0.1) is 12.0 Å². The zero-order chi connectivity index (χ0) is 13.7. The molecule has 1 aromatic rings. The number of nitrogens with one attached hydrogen (secondary N) is 3. The Bertz CT molecular complexity index is 452. The van der Waals surface area contributed by atoms with E-state index in [1.54, 1.807) is 0 Å². The summed E-state index contributed by atoms with van der Waals surface area (Å²) in [5.74, 6) is -0.561. The largest absolute Gasteiger partial charge is 0.392 e. The first-order valence-electron chi connectivity index (χ1n) is 6.27. The fourth-order valence-electron chi connectivity index (χ4n) is 2.14. The molecule has 2 unspecified atom stereocenters. The maximum Gasteiger partial charge on any atom is 0.244 e. The van der Waals surface area contributed by atoms with Crippen LogP contribution in [-0.2, 0) is 4.79 Å². The molecule has 1 aliphatic carbocycles. The van der Waals surface area contributed by atoms with Crippen LogP contribution in [-0.4, -0.2) is 22.2 Å². The maximum atomic E-state index is 11.8. The molecular formula is C13H17N3O2S. The molecule has 1 aromatic carbocycles. The third-order valence-electron chi connectivity index (χ3n) is 3.15. The molecule has 102 valence electrons. The van der Waals surface area contributed by atoms with Gasteiger partial charge in [0.1, 0.15) is 0 Å². The zero-order valence-electron chi connectivity index (χ0n) is 10.4. The summed E-state index contributed by atoms with van der Waals surface area (Å²) in [6.07, 6.45) is 1.74. The number of carbonyl (C=O) groups is 1. The Balaban J connectivity index is 1.76. The van der Waals surface area contributed by atoms with Crippen LogP contribution in [0, 0.1) is 5.92 Å². The molecule has 1 amide bonds. The first-order chi connectivity index (χ1) is 9.16. The van der Waals surface area contributed by atoms with E-state index >= 15 is 0 Å². The van der Waals surface area contributed by atoms with Gasteiger partial charge < -0.3 is 10.4 Å². The van der Waals surface area contributed by atoms with Crippen molar-refractivity contribution >= 4 is 28.9 Å². The molecule has 0 spiro atoms. The number of hydrazine groups is 1. The molecule has 1 fully saturated rings. The number of benzene rings is 1. The number of para-hydroxylation sites is 1. The van der Waals surface area contributed by atoms with Crippen LogP contribution in [0.4, 0.5) is 5.69 Å². The van der Waals surface area contributed by atoms with E-state index in [0.717, 1.165) is 12.1 Å². The van der Waals surface area contributed by atoms with Crippen LogP contribution >= 0.6 is 12.2 Å². The molecular weight excluding hydrogens is 262 g/mol. The number of aliphatic hydroxyl groups excluding tert-OH is 1. The Hall–Kier alpha value is -1.66. The van der Waals surface area contributed by atoms with Gasteiger partial charge in [0.2, 0.25) is 5.91 Å². The van der Waals surface area contributed by atoms with Crippen molar-refractivity contribution < 1.29 is 9.90 Å². The lowest BCUT2D eigenvalue weighted by atomic mass is 10.1. The van der Waals surface area contributed by atoms with Crippen LogP contribution in [0.5, 0.6) is 0 Å². The molecule has 19 heavy (non-hydrogen) atoms. The maximum absolute atomic E-state index is 11.8. The van der Waals surface area contributed by atoms with Gasteiger partial charge in [-0.05, 0) is 43.6 Å². The quantitative estimate of drug-likeness (QED) is 0.483. The second-order valence-corrected chi connectivity index (χ2v) is 4.95. The molecule has 1 aliphatic rings. The lowest BCUT2D eigenvalue weighted by molar-refractivity contribution is -0.128. The van der Waals surface area contributed by atoms with E-state index in [-0.39, 0.29) is 11.8 Å². The summed E-state index contributed by atoms with van der Waals surface area (Å²) in [6, 6.07) is 9.43. The number of rotatable bonds is 2. The summed E-state index contributed by atoms with van der Waals surface area (Å²) >= 11 is 5.06.